The molecule has 2 heterocycles. The number of rotatable bonds is 2. The lowest BCUT2D eigenvalue weighted by atomic mass is 9.91. The zero-order valence-corrected chi connectivity index (χ0v) is 12.2. The molecule has 4 heteroatoms. The summed E-state index contributed by atoms with van der Waals surface area (Å²) in [5.74, 6) is -0.0652. The van der Waals surface area contributed by atoms with Crippen LogP contribution in [0.15, 0.2) is 48.8 Å². The van der Waals surface area contributed by atoms with Crippen molar-refractivity contribution in [1.29, 1.82) is 0 Å². The first-order valence-electron chi connectivity index (χ1n) is 7.63. The van der Waals surface area contributed by atoms with Gasteiger partial charge < -0.3 is 10.3 Å². The molecule has 1 unspecified atom stereocenters. The predicted octanol–water partition coefficient (Wildman–Crippen LogP) is 3.37. The first kappa shape index (κ1) is 13.1. The van der Waals surface area contributed by atoms with Crippen molar-refractivity contribution in [3.8, 4) is 0 Å². The minimum absolute atomic E-state index is 0.0452. The van der Waals surface area contributed by atoms with Crippen molar-refractivity contribution >= 4 is 16.8 Å². The molecule has 1 aromatic carbocycles. The van der Waals surface area contributed by atoms with Crippen LogP contribution in [-0.4, -0.2) is 15.9 Å². The number of carbonyl (C=O) groups is 1. The van der Waals surface area contributed by atoms with Crippen LogP contribution in [0.25, 0.3) is 10.9 Å². The number of fused-ring (bicyclic) bond motifs is 3. The van der Waals surface area contributed by atoms with Crippen LogP contribution in [0.2, 0.25) is 0 Å². The topological polar surface area (TPSA) is 57.8 Å². The molecular formula is C18H17N3O. The highest BCUT2D eigenvalue weighted by Gasteiger charge is 2.25. The maximum atomic E-state index is 12.4. The third-order valence-electron chi connectivity index (χ3n) is 4.34. The molecular weight excluding hydrogens is 274 g/mol. The van der Waals surface area contributed by atoms with Crippen LogP contribution in [0.1, 0.15) is 40.5 Å². The second-order valence-electron chi connectivity index (χ2n) is 5.72. The highest BCUT2D eigenvalue weighted by Crippen LogP contribution is 2.34. The van der Waals surface area contributed by atoms with E-state index in [1.165, 1.54) is 10.9 Å². The van der Waals surface area contributed by atoms with Crippen molar-refractivity contribution in [3.63, 3.8) is 0 Å². The summed E-state index contributed by atoms with van der Waals surface area (Å²) in [7, 11) is 0. The number of nitrogens with zero attached hydrogens (tertiary/aromatic N) is 1. The predicted molar refractivity (Wildman–Crippen MR) is 85.7 cm³/mol. The maximum absolute atomic E-state index is 12.4. The standard InChI is InChI=1S/C18H17N3O/c22-18(12-5-4-10-19-11-12)21-16-9-3-7-14-13-6-1-2-8-15(13)20-17(14)16/h1-2,4-6,8,10-11,16,20H,3,7,9H2,(H,21,22). The molecule has 1 aliphatic rings. The summed E-state index contributed by atoms with van der Waals surface area (Å²) < 4.78 is 0. The number of carbonyl (C=O) groups excluding carboxylic acids is 1. The molecule has 0 fully saturated rings. The number of benzene rings is 1. The summed E-state index contributed by atoms with van der Waals surface area (Å²) in [4.78, 5) is 19.9. The van der Waals surface area contributed by atoms with E-state index in [1.54, 1.807) is 24.5 Å². The van der Waals surface area contributed by atoms with Gasteiger partial charge in [0.1, 0.15) is 0 Å². The molecule has 3 aromatic rings. The second kappa shape index (κ2) is 5.30. The third-order valence-corrected chi connectivity index (χ3v) is 4.34. The van der Waals surface area contributed by atoms with Gasteiger partial charge >= 0.3 is 0 Å². The van der Waals surface area contributed by atoms with Crippen molar-refractivity contribution in [3.05, 3.63) is 65.6 Å². The highest BCUT2D eigenvalue weighted by atomic mass is 16.1. The normalized spacial score (nSPS) is 17.2. The van der Waals surface area contributed by atoms with Gasteiger partial charge in [0.2, 0.25) is 0 Å². The van der Waals surface area contributed by atoms with Crippen molar-refractivity contribution < 1.29 is 4.79 Å². The molecule has 1 amide bonds. The van der Waals surface area contributed by atoms with Crippen LogP contribution < -0.4 is 5.32 Å². The van der Waals surface area contributed by atoms with Gasteiger partial charge in [-0.15, -0.1) is 0 Å². The second-order valence-corrected chi connectivity index (χ2v) is 5.72. The number of nitrogens with one attached hydrogen (secondary N) is 2. The fourth-order valence-electron chi connectivity index (χ4n) is 3.30. The van der Waals surface area contributed by atoms with Gasteiger partial charge in [-0.25, -0.2) is 0 Å². The van der Waals surface area contributed by atoms with E-state index in [0.717, 1.165) is 30.5 Å². The van der Waals surface area contributed by atoms with Gasteiger partial charge in [-0.05, 0) is 43.0 Å². The lowest BCUT2D eigenvalue weighted by molar-refractivity contribution is 0.0931. The molecule has 0 bridgehead atoms. The minimum atomic E-state index is -0.0652. The number of H-pyrrole nitrogens is 1. The molecule has 0 radical (unpaired) electrons. The summed E-state index contributed by atoms with van der Waals surface area (Å²) in [6.07, 6.45) is 6.40. The Hall–Kier alpha value is -2.62. The third kappa shape index (κ3) is 2.17. The van der Waals surface area contributed by atoms with E-state index in [0.29, 0.717) is 5.56 Å². The lowest BCUT2D eigenvalue weighted by Gasteiger charge is -2.23. The molecule has 0 saturated carbocycles. The molecule has 4 rings (SSSR count). The zero-order valence-electron chi connectivity index (χ0n) is 12.2. The van der Waals surface area contributed by atoms with E-state index in [1.807, 2.05) is 6.07 Å². The van der Waals surface area contributed by atoms with Crippen molar-refractivity contribution in [1.82, 2.24) is 15.3 Å². The van der Waals surface area contributed by atoms with Crippen LogP contribution in [-0.2, 0) is 6.42 Å². The largest absolute Gasteiger partial charge is 0.356 e. The lowest BCUT2D eigenvalue weighted by Crippen LogP contribution is -2.31. The van der Waals surface area contributed by atoms with Crippen molar-refractivity contribution in [2.75, 3.05) is 0 Å². The van der Waals surface area contributed by atoms with E-state index in [-0.39, 0.29) is 11.9 Å². The van der Waals surface area contributed by atoms with Gasteiger partial charge in [0, 0.05) is 29.0 Å². The Bertz CT molecular complexity index is 823. The summed E-state index contributed by atoms with van der Waals surface area (Å²) in [5.41, 5.74) is 4.25. The van der Waals surface area contributed by atoms with Crippen LogP contribution in [0.4, 0.5) is 0 Å². The number of para-hydroxylation sites is 1. The van der Waals surface area contributed by atoms with Gasteiger partial charge in [-0.1, -0.05) is 18.2 Å². The molecule has 110 valence electrons. The van der Waals surface area contributed by atoms with Gasteiger partial charge in [0.05, 0.1) is 11.6 Å². The molecule has 0 spiro atoms. The van der Waals surface area contributed by atoms with Gasteiger partial charge in [-0.3, -0.25) is 9.78 Å². The van der Waals surface area contributed by atoms with E-state index in [2.05, 4.69) is 33.5 Å². The molecule has 1 aliphatic carbocycles. The molecule has 2 N–H and O–H groups in total. The van der Waals surface area contributed by atoms with E-state index in [9.17, 15) is 4.79 Å². The first-order chi connectivity index (χ1) is 10.8. The molecule has 0 saturated heterocycles. The quantitative estimate of drug-likeness (QED) is 0.760. The summed E-state index contributed by atoms with van der Waals surface area (Å²) in [6.45, 7) is 0. The Labute approximate surface area is 128 Å². The Kier molecular flexibility index (Phi) is 3.15. The summed E-state index contributed by atoms with van der Waals surface area (Å²) >= 11 is 0. The number of aryl methyl sites for hydroxylation is 1. The fraction of sp³-hybridized carbons (Fsp3) is 0.222. The Balaban J connectivity index is 1.66. The van der Waals surface area contributed by atoms with Crippen LogP contribution in [0, 0.1) is 0 Å². The highest BCUT2D eigenvalue weighted by molar-refractivity contribution is 5.94. The van der Waals surface area contributed by atoms with Crippen LogP contribution in [0.3, 0.4) is 0 Å². The van der Waals surface area contributed by atoms with Gasteiger partial charge in [-0.2, -0.15) is 0 Å². The number of hydrogen-bond acceptors (Lipinski definition) is 2. The van der Waals surface area contributed by atoms with Gasteiger partial charge in [0.15, 0.2) is 0 Å². The number of pyridine rings is 1. The fourth-order valence-corrected chi connectivity index (χ4v) is 3.30. The first-order valence-corrected chi connectivity index (χ1v) is 7.63. The molecule has 0 aliphatic heterocycles. The van der Waals surface area contributed by atoms with E-state index in [4.69, 9.17) is 0 Å². The average molecular weight is 291 g/mol. The summed E-state index contributed by atoms with van der Waals surface area (Å²) in [6, 6.07) is 12.0. The molecule has 22 heavy (non-hydrogen) atoms. The Morgan fingerprint density at radius 1 is 1.23 bits per heavy atom. The van der Waals surface area contributed by atoms with Crippen LogP contribution >= 0.6 is 0 Å². The van der Waals surface area contributed by atoms with Crippen molar-refractivity contribution in [2.45, 2.75) is 25.3 Å². The van der Waals surface area contributed by atoms with Crippen molar-refractivity contribution in [2.24, 2.45) is 0 Å². The molecule has 4 nitrogen and oxygen atoms in total. The Morgan fingerprint density at radius 2 is 2.14 bits per heavy atom. The summed E-state index contributed by atoms with van der Waals surface area (Å²) in [5, 5.41) is 4.42. The molecule has 2 aromatic heterocycles. The van der Waals surface area contributed by atoms with Crippen LogP contribution in [0.5, 0.6) is 0 Å². The smallest absolute Gasteiger partial charge is 0.253 e. The van der Waals surface area contributed by atoms with E-state index >= 15 is 0 Å². The van der Waals surface area contributed by atoms with Gasteiger partial charge in [0.25, 0.3) is 5.91 Å². The number of amides is 1. The minimum Gasteiger partial charge on any atom is -0.356 e. The number of hydrogen-bond donors (Lipinski definition) is 2. The number of aromatic amines is 1. The SMILES string of the molecule is O=C(NC1CCCc2c1[nH]c1ccccc21)c1cccnc1. The number of aromatic nitrogens is 2. The Morgan fingerprint density at radius 3 is 3.00 bits per heavy atom. The average Bonchev–Trinajstić information content (AvgIpc) is 2.95. The zero-order chi connectivity index (χ0) is 14.9. The van der Waals surface area contributed by atoms with E-state index < -0.39 is 0 Å². The maximum Gasteiger partial charge on any atom is 0.253 e. The monoisotopic (exact) mass is 291 g/mol. The molecule has 1 atom stereocenters.